The monoisotopic (exact) mass is 367 g/mol. The van der Waals surface area contributed by atoms with Crippen molar-refractivity contribution in [1.29, 1.82) is 0 Å². The maximum absolute atomic E-state index is 10.5. The Morgan fingerprint density at radius 2 is 1.96 bits per heavy atom. The Balaban J connectivity index is 2.18. The third kappa shape index (κ3) is 2.72. The summed E-state index contributed by atoms with van der Waals surface area (Å²) in [4.78, 5) is 4.83. The molecule has 0 unspecified atom stereocenters. The zero-order chi connectivity index (χ0) is 19.1. The quantitative estimate of drug-likeness (QED) is 0.741. The number of aryl methyl sites for hydroxylation is 2. The van der Waals surface area contributed by atoms with Gasteiger partial charge in [-0.25, -0.2) is 4.98 Å². The van der Waals surface area contributed by atoms with Gasteiger partial charge in [0.05, 0.1) is 23.7 Å². The van der Waals surface area contributed by atoms with Crippen LogP contribution in [0.25, 0.3) is 16.9 Å². The number of benzene rings is 1. The van der Waals surface area contributed by atoms with E-state index in [2.05, 4.69) is 28.8 Å². The van der Waals surface area contributed by atoms with Gasteiger partial charge in [0.1, 0.15) is 12.2 Å². The summed E-state index contributed by atoms with van der Waals surface area (Å²) in [6.45, 7) is 4.93. The fraction of sp³-hybridized carbons (Fsp3) is 0.381. The van der Waals surface area contributed by atoms with Crippen LogP contribution in [0.5, 0.6) is 0 Å². The zero-order valence-corrected chi connectivity index (χ0v) is 16.1. The van der Waals surface area contributed by atoms with E-state index in [-0.39, 0.29) is 0 Å². The Hall–Kier alpha value is -2.41. The number of ether oxygens (including phenoxy) is 2. The minimum absolute atomic E-state index is 0.410. The Morgan fingerprint density at radius 1 is 1.22 bits per heavy atom. The average molecular weight is 367 g/mol. The van der Waals surface area contributed by atoms with Crippen LogP contribution in [0.3, 0.4) is 0 Å². The molecule has 0 saturated carbocycles. The van der Waals surface area contributed by atoms with Gasteiger partial charge in [0.25, 0.3) is 0 Å². The van der Waals surface area contributed by atoms with Crippen molar-refractivity contribution >= 4 is 11.3 Å². The summed E-state index contributed by atoms with van der Waals surface area (Å²) < 4.78 is 13.5. The Kier molecular flexibility index (Phi) is 4.63. The van der Waals surface area contributed by atoms with Gasteiger partial charge in [-0.2, -0.15) is 0 Å². The van der Waals surface area contributed by atoms with Crippen molar-refractivity contribution < 1.29 is 14.6 Å². The molecule has 0 amide bonds. The van der Waals surface area contributed by atoms with Gasteiger partial charge >= 0.3 is 0 Å². The van der Waals surface area contributed by atoms with Gasteiger partial charge in [0.15, 0.2) is 5.65 Å². The van der Waals surface area contributed by atoms with Crippen molar-refractivity contribution in [3.05, 3.63) is 52.8 Å². The van der Waals surface area contributed by atoms with Crippen LogP contribution in [0.1, 0.15) is 28.6 Å². The molecule has 3 heterocycles. The summed E-state index contributed by atoms with van der Waals surface area (Å²) in [5, 5.41) is 13.9. The van der Waals surface area contributed by atoms with E-state index in [9.17, 15) is 5.11 Å². The molecule has 0 spiro atoms. The van der Waals surface area contributed by atoms with Gasteiger partial charge in [-0.3, -0.25) is 4.40 Å². The first-order valence-electron chi connectivity index (χ1n) is 9.12. The van der Waals surface area contributed by atoms with Crippen LogP contribution < -0.4 is 5.32 Å². The molecule has 1 aliphatic rings. The van der Waals surface area contributed by atoms with Gasteiger partial charge < -0.3 is 19.9 Å². The Bertz CT molecular complexity index is 982. The summed E-state index contributed by atoms with van der Waals surface area (Å²) in [5.41, 5.74) is 7.87. The summed E-state index contributed by atoms with van der Waals surface area (Å²) in [6.07, 6.45) is -1.07. The molecule has 0 bridgehead atoms. The van der Waals surface area contributed by atoms with E-state index in [0.29, 0.717) is 13.2 Å². The second kappa shape index (κ2) is 6.96. The Labute approximate surface area is 158 Å². The molecule has 0 aliphatic carbocycles. The molecule has 6 heteroatoms. The molecule has 0 fully saturated rings. The first-order valence-corrected chi connectivity index (χ1v) is 9.12. The third-order valence-corrected chi connectivity index (χ3v) is 5.38. The summed E-state index contributed by atoms with van der Waals surface area (Å²) >= 11 is 0. The van der Waals surface area contributed by atoms with Crippen LogP contribution >= 0.6 is 0 Å². The van der Waals surface area contributed by atoms with Crippen LogP contribution in [0.4, 0.5) is 5.69 Å². The number of imidazole rings is 1. The first kappa shape index (κ1) is 18.0. The lowest BCUT2D eigenvalue weighted by Gasteiger charge is -2.33. The van der Waals surface area contributed by atoms with Crippen molar-refractivity contribution in [2.24, 2.45) is 0 Å². The minimum atomic E-state index is -0.638. The molecule has 142 valence electrons. The molecule has 1 aromatic carbocycles. The standard InChI is InChI=1S/C21H25N3O3/c1-12-13(2)24-19(14-8-6-5-7-9-14)15(11-26-3)17-18(21(24)23-12)22-10-16(25)20(17)27-4/h5-9,16,20,22,25H,10-11H2,1-4H3/t16-,20+/m1/s1. The van der Waals surface area contributed by atoms with Gasteiger partial charge in [0, 0.05) is 37.6 Å². The van der Waals surface area contributed by atoms with Crippen LogP contribution in [-0.2, 0) is 16.1 Å². The largest absolute Gasteiger partial charge is 0.388 e. The number of methoxy groups -OCH3 is 2. The fourth-order valence-corrected chi connectivity index (χ4v) is 4.04. The van der Waals surface area contributed by atoms with Gasteiger partial charge in [-0.1, -0.05) is 30.3 Å². The van der Waals surface area contributed by atoms with E-state index >= 15 is 0 Å². The van der Waals surface area contributed by atoms with Gasteiger partial charge in [-0.15, -0.1) is 0 Å². The number of nitrogens with one attached hydrogen (secondary N) is 1. The second-order valence-electron chi connectivity index (χ2n) is 6.96. The normalized spacial score (nSPS) is 19.1. The van der Waals surface area contributed by atoms with Gasteiger partial charge in [0.2, 0.25) is 0 Å². The van der Waals surface area contributed by atoms with Gasteiger partial charge in [-0.05, 0) is 19.4 Å². The Morgan fingerprint density at radius 3 is 2.63 bits per heavy atom. The highest BCUT2D eigenvalue weighted by atomic mass is 16.5. The number of nitrogens with zero attached hydrogens (tertiary/aromatic N) is 2. The highest BCUT2D eigenvalue weighted by molar-refractivity contribution is 5.83. The number of rotatable bonds is 4. The van der Waals surface area contributed by atoms with E-state index in [1.165, 1.54) is 0 Å². The molecule has 2 N–H and O–H groups in total. The van der Waals surface area contributed by atoms with E-state index in [1.54, 1.807) is 14.2 Å². The van der Waals surface area contributed by atoms with E-state index in [0.717, 1.165) is 45.1 Å². The number of anilines is 1. The SMILES string of the molecule is COCc1c2c(c3nc(C)c(C)n3c1-c1ccccc1)NC[C@@H](O)[C@@H]2OC. The summed E-state index contributed by atoms with van der Waals surface area (Å²) in [6, 6.07) is 10.2. The average Bonchev–Trinajstić information content (AvgIpc) is 2.97. The highest BCUT2D eigenvalue weighted by Gasteiger charge is 2.35. The number of fused-ring (bicyclic) bond motifs is 3. The lowest BCUT2D eigenvalue weighted by Crippen LogP contribution is -2.35. The number of hydrogen-bond donors (Lipinski definition) is 2. The number of aliphatic hydroxyl groups is 1. The van der Waals surface area contributed by atoms with Crippen molar-refractivity contribution in [1.82, 2.24) is 9.38 Å². The molecule has 27 heavy (non-hydrogen) atoms. The zero-order valence-electron chi connectivity index (χ0n) is 16.1. The lowest BCUT2D eigenvalue weighted by atomic mass is 9.91. The molecule has 0 saturated heterocycles. The summed E-state index contributed by atoms with van der Waals surface area (Å²) in [7, 11) is 3.32. The minimum Gasteiger partial charge on any atom is -0.388 e. The van der Waals surface area contributed by atoms with Crippen LogP contribution in [-0.4, -0.2) is 41.4 Å². The van der Waals surface area contributed by atoms with Crippen molar-refractivity contribution in [3.63, 3.8) is 0 Å². The number of pyridine rings is 1. The number of hydrogen-bond acceptors (Lipinski definition) is 5. The second-order valence-corrected chi connectivity index (χ2v) is 6.96. The molecule has 0 radical (unpaired) electrons. The number of β-amino-alcohol motifs (C(OH)–C–C–N with tert-alkyl or cyclic N) is 1. The van der Waals surface area contributed by atoms with Crippen LogP contribution in [0, 0.1) is 13.8 Å². The van der Waals surface area contributed by atoms with E-state index in [4.69, 9.17) is 14.5 Å². The predicted octanol–water partition coefficient (Wildman–Crippen LogP) is 3.24. The third-order valence-electron chi connectivity index (χ3n) is 5.38. The molecule has 1 aliphatic heterocycles. The smallest absolute Gasteiger partial charge is 0.161 e. The first-order chi connectivity index (χ1) is 13.1. The maximum Gasteiger partial charge on any atom is 0.161 e. The topological polar surface area (TPSA) is 68.0 Å². The maximum atomic E-state index is 10.5. The molecule has 6 nitrogen and oxygen atoms in total. The van der Waals surface area contributed by atoms with Crippen molar-refractivity contribution in [3.8, 4) is 11.3 Å². The molecule has 3 aromatic rings. The molecule has 2 atom stereocenters. The highest BCUT2D eigenvalue weighted by Crippen LogP contribution is 2.43. The van der Waals surface area contributed by atoms with E-state index in [1.807, 2.05) is 25.1 Å². The molecule has 4 rings (SSSR count). The van der Waals surface area contributed by atoms with Crippen molar-refractivity contribution in [2.75, 3.05) is 26.1 Å². The molecular weight excluding hydrogens is 342 g/mol. The summed E-state index contributed by atoms with van der Waals surface area (Å²) in [5.74, 6) is 0. The number of aliphatic hydroxyl groups excluding tert-OH is 1. The fourth-order valence-electron chi connectivity index (χ4n) is 4.04. The molecular formula is C21H25N3O3. The predicted molar refractivity (Wildman–Crippen MR) is 105 cm³/mol. The van der Waals surface area contributed by atoms with Crippen molar-refractivity contribution in [2.45, 2.75) is 32.7 Å². The molecule has 2 aromatic heterocycles. The number of aromatic nitrogens is 2. The van der Waals surface area contributed by atoms with Crippen LogP contribution in [0.15, 0.2) is 30.3 Å². The lowest BCUT2D eigenvalue weighted by molar-refractivity contribution is -0.0106. The van der Waals surface area contributed by atoms with Crippen LogP contribution in [0.2, 0.25) is 0 Å². The van der Waals surface area contributed by atoms with E-state index < -0.39 is 12.2 Å².